The smallest absolute Gasteiger partial charge is 0.224 e. The molecule has 1 heterocycles. The molecule has 0 bridgehead atoms. The Morgan fingerprint density at radius 3 is 2.95 bits per heavy atom. The number of rotatable bonds is 6. The van der Waals surface area contributed by atoms with E-state index in [2.05, 4.69) is 20.5 Å². The van der Waals surface area contributed by atoms with Crippen molar-refractivity contribution in [3.05, 3.63) is 41.5 Å². The van der Waals surface area contributed by atoms with E-state index in [9.17, 15) is 4.79 Å². The van der Waals surface area contributed by atoms with Crippen LogP contribution in [0, 0.1) is 13.8 Å². The van der Waals surface area contributed by atoms with Crippen molar-refractivity contribution in [1.29, 1.82) is 0 Å². The minimum atomic E-state index is -0.194. The predicted molar refractivity (Wildman–Crippen MR) is 79.0 cm³/mol. The third-order valence-electron chi connectivity index (χ3n) is 3.15. The first-order chi connectivity index (χ1) is 10.1. The van der Waals surface area contributed by atoms with Crippen molar-refractivity contribution in [2.45, 2.75) is 33.2 Å². The Morgan fingerprint density at radius 2 is 2.24 bits per heavy atom. The maximum atomic E-state index is 11.8. The number of aryl methyl sites for hydroxylation is 2. The molecule has 0 aliphatic carbocycles. The summed E-state index contributed by atoms with van der Waals surface area (Å²) in [5.41, 5.74) is 2.20. The van der Waals surface area contributed by atoms with Gasteiger partial charge in [-0.2, -0.15) is 5.10 Å². The molecule has 0 fully saturated rings. The Bertz CT molecular complexity index is 596. The number of benzene rings is 1. The van der Waals surface area contributed by atoms with E-state index in [0.29, 0.717) is 18.9 Å². The maximum Gasteiger partial charge on any atom is 0.224 e. The second kappa shape index (κ2) is 6.88. The number of nitrogens with zero attached hydrogens (tertiary/aromatic N) is 2. The molecule has 6 nitrogen and oxygen atoms in total. The Labute approximate surface area is 123 Å². The van der Waals surface area contributed by atoms with Crippen molar-refractivity contribution in [2.75, 3.05) is 6.61 Å². The summed E-state index contributed by atoms with van der Waals surface area (Å²) in [6.45, 7) is 6.20. The number of nitrogens with one attached hydrogen (secondary N) is 2. The molecule has 0 spiro atoms. The lowest BCUT2D eigenvalue weighted by Gasteiger charge is -2.12. The van der Waals surface area contributed by atoms with Crippen LogP contribution in [0.1, 0.15) is 36.3 Å². The van der Waals surface area contributed by atoms with Gasteiger partial charge in [0.1, 0.15) is 17.9 Å². The van der Waals surface area contributed by atoms with Crippen LogP contribution in [-0.4, -0.2) is 27.7 Å². The van der Waals surface area contributed by atoms with Gasteiger partial charge in [0.15, 0.2) is 0 Å². The fraction of sp³-hybridized carbons (Fsp3) is 0.400. The molecule has 0 saturated heterocycles. The zero-order valence-corrected chi connectivity index (χ0v) is 12.5. The van der Waals surface area contributed by atoms with Crippen molar-refractivity contribution >= 4 is 5.91 Å². The van der Waals surface area contributed by atoms with Gasteiger partial charge >= 0.3 is 0 Å². The van der Waals surface area contributed by atoms with Gasteiger partial charge in [-0.3, -0.25) is 9.89 Å². The minimum absolute atomic E-state index is 0.0794. The summed E-state index contributed by atoms with van der Waals surface area (Å²) < 4.78 is 5.66. The molecule has 0 aliphatic heterocycles. The molecule has 1 amide bonds. The molecule has 1 aromatic heterocycles. The van der Waals surface area contributed by atoms with Crippen LogP contribution in [0.25, 0.3) is 0 Å². The first-order valence-corrected chi connectivity index (χ1v) is 6.91. The number of carbonyl (C=O) groups is 1. The second-order valence-electron chi connectivity index (χ2n) is 5.03. The highest BCUT2D eigenvalue weighted by molar-refractivity contribution is 5.76. The number of H-pyrrole nitrogens is 1. The highest BCUT2D eigenvalue weighted by atomic mass is 16.5. The van der Waals surface area contributed by atoms with Crippen molar-refractivity contribution in [2.24, 2.45) is 0 Å². The van der Waals surface area contributed by atoms with Crippen LogP contribution in [0.2, 0.25) is 0 Å². The highest BCUT2D eigenvalue weighted by Gasteiger charge is 2.12. The van der Waals surface area contributed by atoms with E-state index in [0.717, 1.165) is 16.9 Å². The lowest BCUT2D eigenvalue weighted by Crippen LogP contribution is -2.28. The summed E-state index contributed by atoms with van der Waals surface area (Å²) in [6, 6.07) is 5.83. The molecule has 21 heavy (non-hydrogen) atoms. The van der Waals surface area contributed by atoms with Crippen LogP contribution < -0.4 is 10.1 Å². The van der Waals surface area contributed by atoms with Gasteiger partial charge in [-0.05, 0) is 38.0 Å². The summed E-state index contributed by atoms with van der Waals surface area (Å²) in [4.78, 5) is 15.8. The molecule has 2 aromatic rings. The van der Waals surface area contributed by atoms with Gasteiger partial charge in [-0.15, -0.1) is 0 Å². The number of aromatic amines is 1. The van der Waals surface area contributed by atoms with Gasteiger partial charge in [0, 0.05) is 0 Å². The topological polar surface area (TPSA) is 79.9 Å². The van der Waals surface area contributed by atoms with Crippen LogP contribution >= 0.6 is 0 Å². The molecule has 1 aromatic carbocycles. The number of aromatic nitrogens is 3. The quantitative estimate of drug-likeness (QED) is 0.852. The van der Waals surface area contributed by atoms with Gasteiger partial charge in [0.25, 0.3) is 0 Å². The van der Waals surface area contributed by atoms with Gasteiger partial charge in [0.05, 0.1) is 19.1 Å². The molecule has 1 unspecified atom stereocenters. The van der Waals surface area contributed by atoms with Crippen molar-refractivity contribution < 1.29 is 9.53 Å². The SMILES string of the molecule is Cc1ccc(C)c(OCCC(=O)NC(C)c2ncn[nH]2)c1. The number of amides is 1. The second-order valence-corrected chi connectivity index (χ2v) is 5.03. The van der Waals surface area contributed by atoms with Crippen LogP contribution in [-0.2, 0) is 4.79 Å². The van der Waals surface area contributed by atoms with E-state index in [4.69, 9.17) is 4.74 Å². The van der Waals surface area contributed by atoms with Gasteiger partial charge in [0.2, 0.25) is 5.91 Å². The van der Waals surface area contributed by atoms with Crippen LogP contribution in [0.5, 0.6) is 5.75 Å². The molecule has 0 saturated carbocycles. The number of ether oxygens (including phenoxy) is 1. The Hall–Kier alpha value is -2.37. The van der Waals surface area contributed by atoms with Crippen molar-refractivity contribution in [1.82, 2.24) is 20.5 Å². The lowest BCUT2D eigenvalue weighted by molar-refractivity contribution is -0.122. The molecule has 0 aliphatic rings. The third kappa shape index (κ3) is 4.30. The molecular weight excluding hydrogens is 268 g/mol. The fourth-order valence-electron chi connectivity index (χ4n) is 1.92. The van der Waals surface area contributed by atoms with Crippen molar-refractivity contribution in [3.63, 3.8) is 0 Å². The molecule has 2 N–H and O–H groups in total. The maximum absolute atomic E-state index is 11.8. The van der Waals surface area contributed by atoms with E-state index < -0.39 is 0 Å². The van der Waals surface area contributed by atoms with Crippen LogP contribution in [0.4, 0.5) is 0 Å². The number of hydrogen-bond acceptors (Lipinski definition) is 4. The highest BCUT2D eigenvalue weighted by Crippen LogP contribution is 2.19. The molecule has 6 heteroatoms. The Morgan fingerprint density at radius 1 is 1.43 bits per heavy atom. The van der Waals surface area contributed by atoms with E-state index in [1.807, 2.05) is 39.0 Å². The normalized spacial score (nSPS) is 12.0. The van der Waals surface area contributed by atoms with Gasteiger partial charge < -0.3 is 10.1 Å². The summed E-state index contributed by atoms with van der Waals surface area (Å²) in [6.07, 6.45) is 1.72. The van der Waals surface area contributed by atoms with E-state index >= 15 is 0 Å². The number of carbonyl (C=O) groups excluding carboxylic acids is 1. The third-order valence-corrected chi connectivity index (χ3v) is 3.15. The Kier molecular flexibility index (Phi) is 4.92. The number of hydrogen-bond donors (Lipinski definition) is 2. The summed E-state index contributed by atoms with van der Waals surface area (Å²) in [7, 11) is 0. The molecule has 1 atom stereocenters. The van der Waals surface area contributed by atoms with Gasteiger partial charge in [-0.25, -0.2) is 4.98 Å². The van der Waals surface area contributed by atoms with E-state index in [1.165, 1.54) is 6.33 Å². The van der Waals surface area contributed by atoms with Crippen LogP contribution in [0.3, 0.4) is 0 Å². The average molecular weight is 288 g/mol. The molecular formula is C15H20N4O2. The summed E-state index contributed by atoms with van der Waals surface area (Å²) in [5.74, 6) is 1.38. The molecule has 0 radical (unpaired) electrons. The van der Waals surface area contributed by atoms with Crippen molar-refractivity contribution in [3.8, 4) is 5.75 Å². The average Bonchev–Trinajstić information content (AvgIpc) is 2.97. The standard InChI is InChI=1S/C15H20N4O2/c1-10-4-5-11(2)13(8-10)21-7-6-14(20)18-12(3)15-16-9-17-19-15/h4-5,8-9,12H,6-7H2,1-3H3,(H,18,20)(H,16,17,19). The minimum Gasteiger partial charge on any atom is -0.493 e. The largest absolute Gasteiger partial charge is 0.493 e. The molecule has 112 valence electrons. The van der Waals surface area contributed by atoms with E-state index in [-0.39, 0.29) is 11.9 Å². The predicted octanol–water partition coefficient (Wildman–Crippen LogP) is 2.07. The Balaban J connectivity index is 1.78. The first kappa shape index (κ1) is 15.0. The van der Waals surface area contributed by atoms with Crippen LogP contribution in [0.15, 0.2) is 24.5 Å². The monoisotopic (exact) mass is 288 g/mol. The van der Waals surface area contributed by atoms with E-state index in [1.54, 1.807) is 0 Å². The first-order valence-electron chi connectivity index (χ1n) is 6.91. The fourth-order valence-corrected chi connectivity index (χ4v) is 1.92. The lowest BCUT2D eigenvalue weighted by atomic mass is 10.1. The summed E-state index contributed by atoms with van der Waals surface area (Å²) >= 11 is 0. The zero-order chi connectivity index (χ0) is 15.2. The molecule has 2 rings (SSSR count). The summed E-state index contributed by atoms with van der Waals surface area (Å²) in [5, 5.41) is 9.33. The zero-order valence-electron chi connectivity index (χ0n) is 12.5. The van der Waals surface area contributed by atoms with Gasteiger partial charge in [-0.1, -0.05) is 12.1 Å².